The van der Waals surface area contributed by atoms with Crippen molar-refractivity contribution in [1.82, 2.24) is 4.98 Å². The number of benzene rings is 1. The van der Waals surface area contributed by atoms with Crippen molar-refractivity contribution < 1.29 is 5.11 Å². The van der Waals surface area contributed by atoms with Gasteiger partial charge >= 0.3 is 0 Å². The van der Waals surface area contributed by atoms with E-state index in [0.717, 1.165) is 44.7 Å². The molecule has 23 heavy (non-hydrogen) atoms. The van der Waals surface area contributed by atoms with Gasteiger partial charge in [-0.2, -0.15) is 5.26 Å². The molecular weight excluding hydrogens is 286 g/mol. The van der Waals surface area contributed by atoms with E-state index in [1.54, 1.807) is 0 Å². The number of rotatable bonds is 0. The third-order valence-corrected chi connectivity index (χ3v) is 4.81. The number of hydrogen-bond acceptors (Lipinski definition) is 3. The predicted octanol–water partition coefficient (Wildman–Crippen LogP) is 1.71. The van der Waals surface area contributed by atoms with Crippen molar-refractivity contribution in [3.63, 3.8) is 0 Å². The maximum Gasteiger partial charge on any atom is 0.143 e. The standard InChI is InChI=1S/C19H13N3O/c20-9-12-15-10-5-1-3-7-13(10)21-17(15)18-16(19(12)23)11-6-2-4-8-14(11)22-18/h1-5,7-8,13,21-23H,6H2. The summed E-state index contributed by atoms with van der Waals surface area (Å²) in [5.41, 5.74) is 4.23. The SMILES string of the molecule is N#Cc1c(O)c2c3c([nH]c2c2c1=C1C=CC=CC1N2)=CC=CC3. The number of hydrogen-bond donors (Lipinski definition) is 3. The van der Waals surface area contributed by atoms with E-state index in [-0.39, 0.29) is 11.8 Å². The number of phenolic OH excluding ortho intramolecular Hbond substituents is 1. The van der Waals surface area contributed by atoms with E-state index in [0.29, 0.717) is 5.56 Å². The van der Waals surface area contributed by atoms with E-state index < -0.39 is 0 Å². The van der Waals surface area contributed by atoms with Crippen LogP contribution in [0.5, 0.6) is 5.75 Å². The molecule has 0 amide bonds. The summed E-state index contributed by atoms with van der Waals surface area (Å²) in [7, 11) is 0. The lowest BCUT2D eigenvalue weighted by atomic mass is 9.97. The molecule has 0 spiro atoms. The molecule has 3 aliphatic rings. The molecule has 0 radical (unpaired) electrons. The van der Waals surface area contributed by atoms with E-state index in [1.807, 2.05) is 30.4 Å². The molecule has 1 aromatic heterocycles. The number of phenols is 1. The first-order valence-electron chi connectivity index (χ1n) is 7.61. The van der Waals surface area contributed by atoms with Gasteiger partial charge in [0.05, 0.1) is 17.2 Å². The summed E-state index contributed by atoms with van der Waals surface area (Å²) in [6, 6.07) is 2.26. The van der Waals surface area contributed by atoms with E-state index in [9.17, 15) is 10.4 Å². The van der Waals surface area contributed by atoms with Gasteiger partial charge in [0.15, 0.2) is 0 Å². The molecule has 0 bridgehead atoms. The maximum absolute atomic E-state index is 10.8. The third-order valence-electron chi connectivity index (χ3n) is 4.81. The fourth-order valence-electron chi connectivity index (χ4n) is 3.81. The summed E-state index contributed by atoms with van der Waals surface area (Å²) in [4.78, 5) is 3.42. The van der Waals surface area contributed by atoms with E-state index in [4.69, 9.17) is 0 Å². The van der Waals surface area contributed by atoms with Crippen LogP contribution in [0.4, 0.5) is 5.69 Å². The van der Waals surface area contributed by atoms with Crippen LogP contribution in [-0.2, 0) is 6.42 Å². The minimum Gasteiger partial charge on any atom is -0.506 e. The Labute approximate surface area is 132 Å². The molecule has 4 heteroatoms. The first kappa shape index (κ1) is 12.4. The van der Waals surface area contributed by atoms with Gasteiger partial charge in [0.25, 0.3) is 0 Å². The minimum absolute atomic E-state index is 0.0505. The van der Waals surface area contributed by atoms with Crippen molar-refractivity contribution >= 4 is 28.2 Å². The van der Waals surface area contributed by atoms with Crippen molar-refractivity contribution in [3.05, 3.63) is 58.2 Å². The van der Waals surface area contributed by atoms with Crippen LogP contribution in [0.3, 0.4) is 0 Å². The number of nitrogens with zero attached hydrogens (tertiary/aromatic N) is 1. The molecule has 1 aliphatic heterocycles. The molecular formula is C19H13N3O. The van der Waals surface area contributed by atoms with Gasteiger partial charge in [0.2, 0.25) is 0 Å². The van der Waals surface area contributed by atoms with Crippen LogP contribution >= 0.6 is 0 Å². The average Bonchev–Trinajstić information content (AvgIpc) is 3.14. The summed E-state index contributed by atoms with van der Waals surface area (Å²) >= 11 is 0. The molecule has 2 aromatic rings. The van der Waals surface area contributed by atoms with Crippen molar-refractivity contribution in [2.75, 3.05) is 5.32 Å². The number of aromatic hydroxyl groups is 1. The molecule has 0 saturated heterocycles. The molecule has 2 aliphatic carbocycles. The van der Waals surface area contributed by atoms with Crippen LogP contribution in [0.2, 0.25) is 0 Å². The Morgan fingerprint density at radius 1 is 1.26 bits per heavy atom. The fraction of sp³-hybridized carbons (Fsp3) is 0.105. The topological polar surface area (TPSA) is 71.8 Å². The zero-order chi connectivity index (χ0) is 15.6. The van der Waals surface area contributed by atoms with Crippen molar-refractivity contribution in [1.29, 1.82) is 5.26 Å². The number of aromatic nitrogens is 1. The average molecular weight is 299 g/mol. The summed E-state index contributed by atoms with van der Waals surface area (Å²) in [6.07, 6.45) is 14.8. The van der Waals surface area contributed by atoms with E-state index >= 15 is 0 Å². The van der Waals surface area contributed by atoms with Gasteiger partial charge in [0, 0.05) is 16.0 Å². The first-order chi connectivity index (χ1) is 11.3. The van der Waals surface area contributed by atoms with Crippen molar-refractivity contribution in [2.24, 2.45) is 0 Å². The fourth-order valence-corrected chi connectivity index (χ4v) is 3.81. The normalized spacial score (nSPS) is 19.8. The van der Waals surface area contributed by atoms with E-state index in [1.165, 1.54) is 0 Å². The molecule has 1 atom stereocenters. The van der Waals surface area contributed by atoms with Crippen LogP contribution in [0, 0.1) is 11.3 Å². The molecule has 4 nitrogen and oxygen atoms in total. The van der Waals surface area contributed by atoms with Crippen LogP contribution in [-0.4, -0.2) is 16.1 Å². The van der Waals surface area contributed by atoms with E-state index in [2.05, 4.69) is 28.5 Å². The Morgan fingerprint density at radius 3 is 3.04 bits per heavy atom. The van der Waals surface area contributed by atoms with Gasteiger partial charge < -0.3 is 15.4 Å². The summed E-state index contributed by atoms with van der Waals surface area (Å²) in [5, 5.41) is 26.5. The smallest absolute Gasteiger partial charge is 0.143 e. The number of H-pyrrole nitrogens is 1. The number of aromatic amines is 1. The summed E-state index contributed by atoms with van der Waals surface area (Å²) in [6.45, 7) is 0. The molecule has 110 valence electrons. The highest BCUT2D eigenvalue weighted by Crippen LogP contribution is 2.36. The number of allylic oxidation sites excluding steroid dienone is 4. The Bertz CT molecular complexity index is 1140. The number of fused-ring (bicyclic) bond motifs is 6. The highest BCUT2D eigenvalue weighted by atomic mass is 16.3. The summed E-state index contributed by atoms with van der Waals surface area (Å²) < 4.78 is 0. The van der Waals surface area contributed by atoms with Crippen molar-refractivity contribution in [2.45, 2.75) is 12.5 Å². The third kappa shape index (κ3) is 1.44. The number of anilines is 1. The molecule has 2 heterocycles. The first-order valence-corrected chi connectivity index (χ1v) is 7.61. The van der Waals surface area contributed by atoms with Gasteiger partial charge in [0.1, 0.15) is 17.4 Å². The predicted molar refractivity (Wildman–Crippen MR) is 90.3 cm³/mol. The Hall–Kier alpha value is -3.19. The molecule has 0 fully saturated rings. The molecule has 1 aromatic carbocycles. The molecule has 5 rings (SSSR count). The highest BCUT2D eigenvalue weighted by molar-refractivity contribution is 6.04. The quantitative estimate of drug-likeness (QED) is 0.649. The van der Waals surface area contributed by atoms with Gasteiger partial charge in [-0.05, 0) is 23.6 Å². The van der Waals surface area contributed by atoms with Crippen molar-refractivity contribution in [3.8, 4) is 11.8 Å². The lowest BCUT2D eigenvalue weighted by Gasteiger charge is -2.11. The van der Waals surface area contributed by atoms with Gasteiger partial charge in [-0.3, -0.25) is 0 Å². The van der Waals surface area contributed by atoms with Crippen LogP contribution in [0.25, 0.3) is 22.6 Å². The number of nitriles is 1. The lowest BCUT2D eigenvalue weighted by Crippen LogP contribution is -2.14. The monoisotopic (exact) mass is 299 g/mol. The molecule has 3 N–H and O–H groups in total. The molecule has 1 unspecified atom stereocenters. The van der Waals surface area contributed by atoms with Gasteiger partial charge in [-0.25, -0.2) is 0 Å². The van der Waals surface area contributed by atoms with Gasteiger partial charge in [-0.1, -0.05) is 36.5 Å². The Kier molecular flexibility index (Phi) is 2.24. The van der Waals surface area contributed by atoms with Gasteiger partial charge in [-0.15, -0.1) is 0 Å². The second-order valence-electron chi connectivity index (χ2n) is 5.97. The largest absolute Gasteiger partial charge is 0.506 e. The second-order valence-corrected chi connectivity index (χ2v) is 5.97. The lowest BCUT2D eigenvalue weighted by molar-refractivity contribution is 0.479. The zero-order valence-corrected chi connectivity index (χ0v) is 12.2. The second kappa shape index (κ2) is 4.17. The highest BCUT2D eigenvalue weighted by Gasteiger charge is 2.29. The zero-order valence-electron chi connectivity index (χ0n) is 12.2. The maximum atomic E-state index is 10.8. The molecule has 0 saturated carbocycles. The summed E-state index contributed by atoms with van der Waals surface area (Å²) in [5.74, 6) is 0.0837. The Morgan fingerprint density at radius 2 is 2.17 bits per heavy atom. The number of nitrogens with one attached hydrogen (secondary N) is 2. The van der Waals surface area contributed by atoms with Crippen LogP contribution in [0.1, 0.15) is 11.1 Å². The Balaban J connectivity index is 2.03. The minimum atomic E-state index is 0.0505. The van der Waals surface area contributed by atoms with Crippen LogP contribution < -0.4 is 15.9 Å². The van der Waals surface area contributed by atoms with Crippen LogP contribution in [0.15, 0.2) is 36.5 Å².